The molecule has 1 saturated carbocycles. The molecule has 1 aliphatic carbocycles. The molecule has 1 saturated heterocycles. The molecule has 1 aliphatic heterocycles. The summed E-state index contributed by atoms with van der Waals surface area (Å²) in [5.74, 6) is 0.467. The van der Waals surface area contributed by atoms with Crippen LogP contribution >= 0.6 is 0 Å². The Labute approximate surface area is 119 Å². The van der Waals surface area contributed by atoms with Gasteiger partial charge in [0.15, 0.2) is 0 Å². The van der Waals surface area contributed by atoms with Gasteiger partial charge in [-0.15, -0.1) is 0 Å². The number of nitrogens with two attached hydrogens (primary N) is 1. The van der Waals surface area contributed by atoms with E-state index in [-0.39, 0.29) is 24.1 Å². The van der Waals surface area contributed by atoms with Gasteiger partial charge in [0.2, 0.25) is 5.91 Å². The van der Waals surface area contributed by atoms with Gasteiger partial charge >= 0.3 is 0 Å². The first-order valence-corrected chi connectivity index (χ1v) is 7.29. The maximum Gasteiger partial charge on any atom is 0.224 e. The molecule has 4 atom stereocenters. The summed E-state index contributed by atoms with van der Waals surface area (Å²) < 4.78 is 5.63. The van der Waals surface area contributed by atoms with Gasteiger partial charge in [0, 0.05) is 18.6 Å². The molecule has 3 rings (SSSR count). The molecule has 1 heterocycles. The highest BCUT2D eigenvalue weighted by molar-refractivity contribution is 5.79. The summed E-state index contributed by atoms with van der Waals surface area (Å²) in [6, 6.07) is 6.23. The lowest BCUT2D eigenvalue weighted by Crippen LogP contribution is -2.69. The van der Waals surface area contributed by atoms with Crippen LogP contribution in [-0.4, -0.2) is 30.7 Å². The second-order valence-corrected chi connectivity index (χ2v) is 6.07. The van der Waals surface area contributed by atoms with Crippen molar-refractivity contribution in [3.05, 3.63) is 34.9 Å². The minimum Gasteiger partial charge on any atom is -0.376 e. The SMILES string of the molecule is Cc1ccc(C)c(CC(=O)NC2C(N)C3CCOC32)c1. The Morgan fingerprint density at radius 2 is 2.25 bits per heavy atom. The lowest BCUT2D eigenvalue weighted by molar-refractivity contribution is -0.125. The fourth-order valence-corrected chi connectivity index (χ4v) is 3.33. The maximum atomic E-state index is 12.2. The minimum absolute atomic E-state index is 0.0138. The largest absolute Gasteiger partial charge is 0.376 e. The third-order valence-electron chi connectivity index (χ3n) is 4.63. The van der Waals surface area contributed by atoms with Gasteiger partial charge in [0.25, 0.3) is 0 Å². The van der Waals surface area contributed by atoms with Crippen LogP contribution in [0.25, 0.3) is 0 Å². The first-order valence-electron chi connectivity index (χ1n) is 7.29. The third-order valence-corrected chi connectivity index (χ3v) is 4.63. The van der Waals surface area contributed by atoms with Gasteiger partial charge in [0.05, 0.1) is 18.6 Å². The Kier molecular flexibility index (Phi) is 3.52. The number of nitrogens with one attached hydrogen (secondary N) is 1. The number of carbonyl (C=O) groups excluding carboxylic acids is 1. The van der Waals surface area contributed by atoms with Gasteiger partial charge in [-0.1, -0.05) is 23.8 Å². The average molecular weight is 274 g/mol. The van der Waals surface area contributed by atoms with Crippen LogP contribution < -0.4 is 11.1 Å². The molecule has 0 radical (unpaired) electrons. The molecule has 4 heteroatoms. The van der Waals surface area contributed by atoms with E-state index in [1.807, 2.05) is 13.8 Å². The number of amides is 1. The highest BCUT2D eigenvalue weighted by Crippen LogP contribution is 2.37. The molecule has 0 aromatic heterocycles. The summed E-state index contributed by atoms with van der Waals surface area (Å²) in [6.07, 6.45) is 1.57. The maximum absolute atomic E-state index is 12.2. The van der Waals surface area contributed by atoms with E-state index in [0.29, 0.717) is 12.3 Å². The molecule has 2 fully saturated rings. The van der Waals surface area contributed by atoms with E-state index in [4.69, 9.17) is 10.5 Å². The summed E-state index contributed by atoms with van der Waals surface area (Å²) in [6.45, 7) is 4.85. The summed E-state index contributed by atoms with van der Waals surface area (Å²) >= 11 is 0. The molecule has 4 nitrogen and oxygen atoms in total. The molecule has 3 N–H and O–H groups in total. The van der Waals surface area contributed by atoms with Gasteiger partial charge in [-0.2, -0.15) is 0 Å². The number of hydrogen-bond donors (Lipinski definition) is 2. The van der Waals surface area contributed by atoms with E-state index < -0.39 is 0 Å². The zero-order valence-corrected chi connectivity index (χ0v) is 12.1. The number of fused-ring (bicyclic) bond motifs is 1. The summed E-state index contributed by atoms with van der Waals surface area (Å²) in [7, 11) is 0. The van der Waals surface area contributed by atoms with Crippen molar-refractivity contribution in [1.82, 2.24) is 5.32 Å². The Balaban J connectivity index is 1.61. The van der Waals surface area contributed by atoms with Crippen molar-refractivity contribution < 1.29 is 9.53 Å². The van der Waals surface area contributed by atoms with E-state index >= 15 is 0 Å². The molecule has 1 aromatic rings. The number of hydrogen-bond acceptors (Lipinski definition) is 3. The van der Waals surface area contributed by atoms with Crippen molar-refractivity contribution in [2.45, 2.75) is 44.9 Å². The zero-order chi connectivity index (χ0) is 14.3. The Morgan fingerprint density at radius 3 is 3.05 bits per heavy atom. The predicted molar refractivity (Wildman–Crippen MR) is 77.4 cm³/mol. The van der Waals surface area contributed by atoms with Gasteiger partial charge < -0.3 is 15.8 Å². The summed E-state index contributed by atoms with van der Waals surface area (Å²) in [5.41, 5.74) is 9.52. The van der Waals surface area contributed by atoms with Crippen LogP contribution in [0, 0.1) is 19.8 Å². The third kappa shape index (κ3) is 2.34. The zero-order valence-electron chi connectivity index (χ0n) is 12.1. The van der Waals surface area contributed by atoms with Crippen LogP contribution in [-0.2, 0) is 16.0 Å². The molecule has 0 spiro atoms. The van der Waals surface area contributed by atoms with E-state index in [9.17, 15) is 4.79 Å². The lowest BCUT2D eigenvalue weighted by atomic mass is 9.72. The van der Waals surface area contributed by atoms with Crippen molar-refractivity contribution in [2.24, 2.45) is 11.7 Å². The lowest BCUT2D eigenvalue weighted by Gasteiger charge is -2.45. The molecular weight excluding hydrogens is 252 g/mol. The van der Waals surface area contributed by atoms with Gasteiger partial charge in [0.1, 0.15) is 0 Å². The first kappa shape index (κ1) is 13.6. The Morgan fingerprint density at radius 1 is 1.45 bits per heavy atom. The number of benzene rings is 1. The van der Waals surface area contributed by atoms with Crippen LogP contribution in [0.5, 0.6) is 0 Å². The molecular formula is C16H22N2O2. The molecule has 0 bridgehead atoms. The van der Waals surface area contributed by atoms with Gasteiger partial charge in [-0.3, -0.25) is 4.79 Å². The molecule has 4 unspecified atom stereocenters. The van der Waals surface area contributed by atoms with Crippen molar-refractivity contribution in [3.8, 4) is 0 Å². The second-order valence-electron chi connectivity index (χ2n) is 6.07. The fourth-order valence-electron chi connectivity index (χ4n) is 3.33. The van der Waals surface area contributed by atoms with Crippen molar-refractivity contribution in [1.29, 1.82) is 0 Å². The standard InChI is InChI=1S/C16H22N2O2/c1-9-3-4-10(2)11(7-9)8-13(19)18-15-14(17)12-5-6-20-16(12)15/h3-4,7,12,14-16H,5-6,8,17H2,1-2H3,(H,18,19). The number of rotatable bonds is 3. The normalized spacial score (nSPS) is 31.6. The molecule has 1 aromatic carbocycles. The quantitative estimate of drug-likeness (QED) is 0.867. The van der Waals surface area contributed by atoms with Crippen molar-refractivity contribution in [2.75, 3.05) is 6.61 Å². The first-order chi connectivity index (χ1) is 9.56. The summed E-state index contributed by atoms with van der Waals surface area (Å²) in [4.78, 5) is 12.2. The second kappa shape index (κ2) is 5.19. The van der Waals surface area contributed by atoms with E-state index in [1.54, 1.807) is 0 Å². The highest BCUT2D eigenvalue weighted by atomic mass is 16.5. The molecule has 20 heavy (non-hydrogen) atoms. The molecule has 1 amide bonds. The number of aryl methyl sites for hydroxylation is 2. The summed E-state index contributed by atoms with van der Waals surface area (Å²) in [5, 5.41) is 3.04. The monoisotopic (exact) mass is 274 g/mol. The number of ether oxygens (including phenoxy) is 1. The predicted octanol–water partition coefficient (Wildman–Crippen LogP) is 1.08. The van der Waals surface area contributed by atoms with Crippen molar-refractivity contribution in [3.63, 3.8) is 0 Å². The van der Waals surface area contributed by atoms with Gasteiger partial charge in [-0.05, 0) is 31.4 Å². The van der Waals surface area contributed by atoms with Crippen LogP contribution in [0.15, 0.2) is 18.2 Å². The van der Waals surface area contributed by atoms with Crippen LogP contribution in [0.4, 0.5) is 0 Å². The Bertz CT molecular complexity index is 529. The number of carbonyl (C=O) groups is 1. The van der Waals surface area contributed by atoms with E-state index in [2.05, 4.69) is 23.5 Å². The molecule has 2 aliphatic rings. The fraction of sp³-hybridized carbons (Fsp3) is 0.562. The van der Waals surface area contributed by atoms with E-state index in [0.717, 1.165) is 24.2 Å². The molecule has 108 valence electrons. The highest BCUT2D eigenvalue weighted by Gasteiger charge is 2.52. The topological polar surface area (TPSA) is 64.4 Å². The minimum atomic E-state index is -0.0138. The van der Waals surface area contributed by atoms with Crippen LogP contribution in [0.2, 0.25) is 0 Å². The van der Waals surface area contributed by atoms with Crippen LogP contribution in [0.1, 0.15) is 23.1 Å². The Hall–Kier alpha value is -1.39. The van der Waals surface area contributed by atoms with E-state index in [1.165, 1.54) is 5.56 Å². The van der Waals surface area contributed by atoms with Crippen LogP contribution in [0.3, 0.4) is 0 Å². The van der Waals surface area contributed by atoms with Gasteiger partial charge in [-0.25, -0.2) is 0 Å². The smallest absolute Gasteiger partial charge is 0.224 e. The average Bonchev–Trinajstić information content (AvgIpc) is 2.85. The van der Waals surface area contributed by atoms with Crippen molar-refractivity contribution >= 4 is 5.91 Å².